The zero-order valence-corrected chi connectivity index (χ0v) is 18.0. The molecular weight excluding hydrogens is 514 g/mol. The highest BCUT2D eigenvalue weighted by atomic mass is 79.9. The summed E-state index contributed by atoms with van der Waals surface area (Å²) in [6, 6.07) is 5.26. The van der Waals surface area contributed by atoms with Crippen molar-refractivity contribution in [1.82, 2.24) is 9.55 Å². The summed E-state index contributed by atoms with van der Waals surface area (Å²) in [6.45, 7) is 1.64. The van der Waals surface area contributed by atoms with E-state index in [0.29, 0.717) is 22.3 Å². The smallest absolute Gasteiger partial charge is 0.406 e. The Bertz CT molecular complexity index is 1180. The number of thioether (sulfide) groups is 1. The average Bonchev–Trinajstić information content (AvgIpc) is 2.64. The maximum absolute atomic E-state index is 13.1. The van der Waals surface area contributed by atoms with Gasteiger partial charge in [-0.25, -0.2) is 4.98 Å². The zero-order valence-electron chi connectivity index (χ0n) is 15.6. The molecule has 3 rings (SSSR count). The van der Waals surface area contributed by atoms with E-state index in [1.165, 1.54) is 17.8 Å². The van der Waals surface area contributed by atoms with Gasteiger partial charge in [-0.05, 0) is 57.6 Å². The van der Waals surface area contributed by atoms with Crippen LogP contribution < -0.4 is 10.3 Å². The first-order valence-electron chi connectivity index (χ1n) is 8.66. The Kier molecular flexibility index (Phi) is 6.61. The second kappa shape index (κ2) is 8.73. The van der Waals surface area contributed by atoms with Crippen LogP contribution in [0.1, 0.15) is 18.1 Å². The lowest BCUT2D eigenvalue weighted by Crippen LogP contribution is -2.22. The van der Waals surface area contributed by atoms with Gasteiger partial charge in [0.15, 0.2) is 0 Å². The van der Waals surface area contributed by atoms with Crippen LogP contribution in [0.25, 0.3) is 10.9 Å². The van der Waals surface area contributed by atoms with Gasteiger partial charge in [-0.1, -0.05) is 6.92 Å². The van der Waals surface area contributed by atoms with Gasteiger partial charge in [0.2, 0.25) is 0 Å². The fourth-order valence-corrected chi connectivity index (χ4v) is 4.21. The van der Waals surface area contributed by atoms with Crippen LogP contribution in [-0.2, 0) is 12.7 Å². The molecule has 0 aliphatic heterocycles. The van der Waals surface area contributed by atoms with E-state index in [9.17, 15) is 31.1 Å². The summed E-state index contributed by atoms with van der Waals surface area (Å²) in [5, 5.41) is -0.267. The largest absolute Gasteiger partial charge is 0.573 e. The molecule has 0 saturated heterocycles. The van der Waals surface area contributed by atoms with E-state index in [4.69, 9.17) is 0 Å². The Morgan fingerprint density at radius 1 is 1.13 bits per heavy atom. The molecule has 1 aromatic heterocycles. The molecule has 0 aliphatic carbocycles. The molecule has 4 nitrogen and oxygen atoms in total. The highest BCUT2D eigenvalue weighted by Gasteiger charge is 2.32. The molecule has 0 bridgehead atoms. The molecule has 0 aliphatic rings. The lowest BCUT2D eigenvalue weighted by atomic mass is 10.1. The van der Waals surface area contributed by atoms with Gasteiger partial charge in [0.25, 0.3) is 5.56 Å². The number of fused-ring (bicyclic) bond motifs is 1. The number of hydrogen-bond donors (Lipinski definition) is 0. The van der Waals surface area contributed by atoms with Crippen molar-refractivity contribution in [3.05, 3.63) is 62.6 Å². The Morgan fingerprint density at radius 2 is 1.84 bits per heavy atom. The second-order valence-electron chi connectivity index (χ2n) is 6.28. The summed E-state index contributed by atoms with van der Waals surface area (Å²) < 4.78 is 82.1. The van der Waals surface area contributed by atoms with Crippen molar-refractivity contribution in [2.45, 2.75) is 30.9 Å². The number of alkyl halides is 6. The van der Waals surface area contributed by atoms with Crippen molar-refractivity contribution < 1.29 is 31.1 Å². The van der Waals surface area contributed by atoms with Crippen LogP contribution in [-0.4, -0.2) is 21.7 Å². The number of ether oxygens (including phenoxy) is 1. The summed E-state index contributed by atoms with van der Waals surface area (Å²) in [5.74, 6) is 0.144. The number of nitrogens with zero attached hydrogens (tertiary/aromatic N) is 2. The van der Waals surface area contributed by atoms with E-state index in [1.54, 1.807) is 0 Å². The average molecular weight is 527 g/mol. The molecule has 0 unspecified atom stereocenters. The summed E-state index contributed by atoms with van der Waals surface area (Å²) in [7, 11) is 0. The SMILES string of the molecule is CCSc1ccc(OC(F)(F)F)cc1Cn1cnc2c(Br)cc(C(F)(F)F)cc2c1=O. The van der Waals surface area contributed by atoms with Gasteiger partial charge in [0, 0.05) is 9.37 Å². The topological polar surface area (TPSA) is 44.1 Å². The Morgan fingerprint density at radius 3 is 2.45 bits per heavy atom. The van der Waals surface area contributed by atoms with Crippen molar-refractivity contribution in [2.75, 3.05) is 5.75 Å². The molecule has 3 aromatic rings. The number of halogens is 7. The van der Waals surface area contributed by atoms with Crippen molar-refractivity contribution >= 4 is 38.6 Å². The maximum atomic E-state index is 13.1. The molecule has 2 aromatic carbocycles. The molecular formula is C19H13BrF6N2O2S. The van der Waals surface area contributed by atoms with Crippen LogP contribution in [0.4, 0.5) is 26.3 Å². The van der Waals surface area contributed by atoms with E-state index >= 15 is 0 Å². The van der Waals surface area contributed by atoms with Gasteiger partial charge >= 0.3 is 12.5 Å². The lowest BCUT2D eigenvalue weighted by Gasteiger charge is -2.15. The molecule has 0 radical (unpaired) electrons. The van der Waals surface area contributed by atoms with Crippen LogP contribution >= 0.6 is 27.7 Å². The fourth-order valence-electron chi connectivity index (χ4n) is 2.86. The number of benzene rings is 2. The maximum Gasteiger partial charge on any atom is 0.573 e. The third kappa shape index (κ3) is 5.53. The molecule has 166 valence electrons. The second-order valence-corrected chi connectivity index (χ2v) is 8.44. The highest BCUT2D eigenvalue weighted by molar-refractivity contribution is 9.10. The quantitative estimate of drug-likeness (QED) is 0.291. The van der Waals surface area contributed by atoms with Crippen molar-refractivity contribution in [2.24, 2.45) is 0 Å². The van der Waals surface area contributed by atoms with Gasteiger partial charge in [-0.2, -0.15) is 13.2 Å². The highest BCUT2D eigenvalue weighted by Crippen LogP contribution is 2.34. The molecule has 0 atom stereocenters. The molecule has 31 heavy (non-hydrogen) atoms. The minimum absolute atomic E-state index is 0.00405. The van der Waals surface area contributed by atoms with E-state index in [0.717, 1.165) is 29.1 Å². The number of rotatable bonds is 5. The van der Waals surface area contributed by atoms with Crippen LogP contribution in [0, 0.1) is 0 Å². The monoisotopic (exact) mass is 526 g/mol. The van der Waals surface area contributed by atoms with E-state index < -0.39 is 29.4 Å². The van der Waals surface area contributed by atoms with Crippen molar-refractivity contribution in [3.63, 3.8) is 0 Å². The van der Waals surface area contributed by atoms with Gasteiger partial charge in [0.05, 0.1) is 29.3 Å². The molecule has 0 spiro atoms. The third-order valence-corrected chi connectivity index (χ3v) is 5.72. The molecule has 0 amide bonds. The minimum Gasteiger partial charge on any atom is -0.406 e. The summed E-state index contributed by atoms with van der Waals surface area (Å²) >= 11 is 4.34. The van der Waals surface area contributed by atoms with Crippen LogP contribution in [0.15, 0.2) is 50.8 Å². The normalized spacial score (nSPS) is 12.4. The Balaban J connectivity index is 2.09. The summed E-state index contributed by atoms with van der Waals surface area (Å²) in [6.07, 6.45) is -8.42. The van der Waals surface area contributed by atoms with Gasteiger partial charge in [0.1, 0.15) is 5.75 Å². The fraction of sp³-hybridized carbons (Fsp3) is 0.263. The standard InChI is InChI=1S/C19H13BrF6N2O2S/c1-2-31-15-4-3-12(30-19(24,25)26)5-10(15)8-28-9-27-16-13(17(28)29)6-11(7-14(16)20)18(21,22)23/h3-7,9H,2,8H2,1H3. The molecule has 0 saturated carbocycles. The first-order chi connectivity index (χ1) is 14.4. The molecule has 12 heteroatoms. The lowest BCUT2D eigenvalue weighted by molar-refractivity contribution is -0.274. The van der Waals surface area contributed by atoms with Gasteiger partial charge in [-0.3, -0.25) is 9.36 Å². The van der Waals surface area contributed by atoms with E-state index in [2.05, 4.69) is 25.7 Å². The Hall–Kier alpha value is -2.21. The first-order valence-corrected chi connectivity index (χ1v) is 10.4. The van der Waals surface area contributed by atoms with E-state index in [-0.39, 0.29) is 21.9 Å². The van der Waals surface area contributed by atoms with Crippen molar-refractivity contribution in [1.29, 1.82) is 0 Å². The molecule has 0 fully saturated rings. The van der Waals surface area contributed by atoms with Gasteiger partial charge in [-0.15, -0.1) is 24.9 Å². The third-order valence-electron chi connectivity index (χ3n) is 4.11. The summed E-state index contributed by atoms with van der Waals surface area (Å²) in [5.41, 5.74) is -1.40. The minimum atomic E-state index is -4.89. The van der Waals surface area contributed by atoms with Crippen LogP contribution in [0.2, 0.25) is 0 Å². The van der Waals surface area contributed by atoms with E-state index in [1.807, 2.05) is 6.92 Å². The number of hydrogen-bond acceptors (Lipinski definition) is 4. The van der Waals surface area contributed by atoms with Crippen molar-refractivity contribution in [3.8, 4) is 5.75 Å². The van der Waals surface area contributed by atoms with Crippen LogP contribution in [0.5, 0.6) is 5.75 Å². The van der Waals surface area contributed by atoms with Crippen LogP contribution in [0.3, 0.4) is 0 Å². The zero-order chi connectivity index (χ0) is 23.0. The summed E-state index contributed by atoms with van der Waals surface area (Å²) in [4.78, 5) is 17.5. The Labute approximate surface area is 184 Å². The molecule has 1 heterocycles. The molecule has 0 N–H and O–H groups in total. The van der Waals surface area contributed by atoms with Gasteiger partial charge < -0.3 is 4.74 Å². The predicted molar refractivity (Wildman–Crippen MR) is 107 cm³/mol. The number of aromatic nitrogens is 2. The predicted octanol–water partition coefficient (Wildman–Crippen LogP) is 6.24. The first kappa shape index (κ1) is 23.5.